The molecule has 0 fully saturated rings. The fourth-order valence-electron chi connectivity index (χ4n) is 1.07. The third-order valence-corrected chi connectivity index (χ3v) is 1.77. The van der Waals surface area contributed by atoms with E-state index >= 15 is 0 Å². The molecule has 72 valence electrons. The molecule has 0 saturated carbocycles. The van der Waals surface area contributed by atoms with Gasteiger partial charge in [0, 0.05) is 12.6 Å². The maximum atomic E-state index is 5.35. The maximum Gasteiger partial charge on any atom is 0.125 e. The van der Waals surface area contributed by atoms with Gasteiger partial charge in [0.25, 0.3) is 0 Å². The number of methoxy groups -OCH3 is 1. The largest absolute Gasteiger partial charge is 0.496 e. The summed E-state index contributed by atoms with van der Waals surface area (Å²) < 4.78 is 10.5. The molecule has 1 aromatic rings. The van der Waals surface area contributed by atoms with Gasteiger partial charge in [0.05, 0.1) is 7.11 Å². The zero-order valence-corrected chi connectivity index (χ0v) is 8.04. The zero-order chi connectivity index (χ0) is 9.68. The van der Waals surface area contributed by atoms with Gasteiger partial charge in [0.15, 0.2) is 0 Å². The first-order valence-electron chi connectivity index (χ1n) is 4.25. The number of hydrogen-bond acceptors (Lipinski definition) is 3. The van der Waals surface area contributed by atoms with Crippen LogP contribution in [0.2, 0.25) is 0 Å². The van der Waals surface area contributed by atoms with Crippen molar-refractivity contribution >= 4 is 0 Å². The molecule has 0 aliphatic heterocycles. The monoisotopic (exact) mass is 181 g/mol. The summed E-state index contributed by atoms with van der Waals surface area (Å²) in [6, 6.07) is 5.74. The molecule has 0 amide bonds. The Morgan fingerprint density at radius 3 is 2.77 bits per heavy atom. The molecule has 0 spiro atoms. The molecule has 1 aromatic carbocycles. The van der Waals surface area contributed by atoms with Gasteiger partial charge in [-0.3, -0.25) is 0 Å². The van der Waals surface area contributed by atoms with Crippen LogP contribution in [0.4, 0.5) is 0 Å². The molecule has 0 atom stereocenters. The van der Waals surface area contributed by atoms with Gasteiger partial charge in [-0.1, -0.05) is 6.07 Å². The van der Waals surface area contributed by atoms with Crippen LogP contribution in [0.25, 0.3) is 0 Å². The maximum absolute atomic E-state index is 5.35. The average Bonchev–Trinajstić information content (AvgIpc) is 2.16. The van der Waals surface area contributed by atoms with Gasteiger partial charge in [-0.2, -0.15) is 0 Å². The molecule has 0 unspecified atom stereocenters. The molecule has 3 nitrogen and oxygen atoms in total. The highest BCUT2D eigenvalue weighted by Gasteiger charge is 1.99. The third kappa shape index (κ3) is 2.63. The first-order valence-corrected chi connectivity index (χ1v) is 4.25. The minimum atomic E-state index is 0.524. The van der Waals surface area contributed by atoms with Crippen molar-refractivity contribution in [1.82, 2.24) is 0 Å². The Labute approximate surface area is 78.5 Å². The second-order valence-corrected chi connectivity index (χ2v) is 2.77. The Kier molecular flexibility index (Phi) is 3.58. The summed E-state index contributed by atoms with van der Waals surface area (Å²) in [5.74, 6) is 1.64. The molecular formula is C10H15NO2. The highest BCUT2D eigenvalue weighted by atomic mass is 16.5. The van der Waals surface area contributed by atoms with Gasteiger partial charge in [0.1, 0.15) is 18.1 Å². The van der Waals surface area contributed by atoms with Crippen molar-refractivity contribution in [2.24, 2.45) is 5.73 Å². The lowest BCUT2D eigenvalue weighted by molar-refractivity contribution is 0.324. The van der Waals surface area contributed by atoms with Gasteiger partial charge in [0.2, 0.25) is 0 Å². The highest BCUT2D eigenvalue weighted by Crippen LogP contribution is 2.23. The number of rotatable bonds is 4. The molecule has 13 heavy (non-hydrogen) atoms. The van der Waals surface area contributed by atoms with Crippen molar-refractivity contribution in [2.75, 3.05) is 20.3 Å². The van der Waals surface area contributed by atoms with Crippen molar-refractivity contribution in [1.29, 1.82) is 0 Å². The van der Waals surface area contributed by atoms with E-state index in [1.54, 1.807) is 7.11 Å². The molecule has 0 aliphatic rings. The van der Waals surface area contributed by atoms with Crippen LogP contribution in [0.1, 0.15) is 5.56 Å². The highest BCUT2D eigenvalue weighted by molar-refractivity contribution is 5.39. The lowest BCUT2D eigenvalue weighted by atomic mass is 10.2. The van der Waals surface area contributed by atoms with Crippen LogP contribution in [0.15, 0.2) is 18.2 Å². The number of aryl methyl sites for hydroxylation is 1. The van der Waals surface area contributed by atoms with Crippen molar-refractivity contribution < 1.29 is 9.47 Å². The Balaban J connectivity index is 2.74. The molecule has 3 heteroatoms. The molecule has 0 aromatic heterocycles. The molecule has 0 bridgehead atoms. The summed E-state index contributed by atoms with van der Waals surface area (Å²) in [4.78, 5) is 0. The van der Waals surface area contributed by atoms with E-state index in [2.05, 4.69) is 0 Å². The van der Waals surface area contributed by atoms with Gasteiger partial charge in [-0.15, -0.1) is 0 Å². The summed E-state index contributed by atoms with van der Waals surface area (Å²) >= 11 is 0. The van der Waals surface area contributed by atoms with Crippen LogP contribution >= 0.6 is 0 Å². The van der Waals surface area contributed by atoms with Crippen LogP contribution in [0.3, 0.4) is 0 Å². The fourth-order valence-corrected chi connectivity index (χ4v) is 1.07. The summed E-state index contributed by atoms with van der Waals surface area (Å²) in [5.41, 5.74) is 6.42. The van der Waals surface area contributed by atoms with Crippen LogP contribution in [-0.2, 0) is 0 Å². The summed E-state index contributed by atoms with van der Waals surface area (Å²) in [7, 11) is 1.65. The minimum absolute atomic E-state index is 0.524. The molecule has 0 saturated heterocycles. The summed E-state index contributed by atoms with van der Waals surface area (Å²) in [6.07, 6.45) is 0. The standard InChI is InChI=1S/C10H15NO2/c1-8-3-4-9(13-6-5-11)7-10(8)12-2/h3-4,7H,5-6,11H2,1-2H3. The normalized spacial score (nSPS) is 9.77. The minimum Gasteiger partial charge on any atom is -0.496 e. The average molecular weight is 181 g/mol. The van der Waals surface area contributed by atoms with E-state index in [0.29, 0.717) is 13.2 Å². The van der Waals surface area contributed by atoms with Crippen LogP contribution < -0.4 is 15.2 Å². The predicted molar refractivity (Wildman–Crippen MR) is 52.3 cm³/mol. The molecule has 0 heterocycles. The molecular weight excluding hydrogens is 166 g/mol. The number of nitrogens with two attached hydrogens (primary N) is 1. The van der Waals surface area contributed by atoms with Crippen LogP contribution in [0, 0.1) is 6.92 Å². The zero-order valence-electron chi connectivity index (χ0n) is 8.04. The van der Waals surface area contributed by atoms with Gasteiger partial charge in [-0.05, 0) is 18.6 Å². The Hall–Kier alpha value is -1.22. The number of ether oxygens (including phenoxy) is 2. The number of hydrogen-bond donors (Lipinski definition) is 1. The third-order valence-electron chi connectivity index (χ3n) is 1.77. The fraction of sp³-hybridized carbons (Fsp3) is 0.400. The Morgan fingerprint density at radius 1 is 1.38 bits per heavy atom. The van der Waals surface area contributed by atoms with E-state index in [-0.39, 0.29) is 0 Å². The van der Waals surface area contributed by atoms with E-state index < -0.39 is 0 Å². The lowest BCUT2D eigenvalue weighted by Crippen LogP contribution is -2.10. The first kappa shape index (κ1) is 9.86. The Bertz CT molecular complexity index is 274. The van der Waals surface area contributed by atoms with E-state index in [9.17, 15) is 0 Å². The van der Waals surface area contributed by atoms with E-state index in [0.717, 1.165) is 17.1 Å². The molecule has 1 rings (SSSR count). The summed E-state index contributed by atoms with van der Waals surface area (Å²) in [6.45, 7) is 3.05. The van der Waals surface area contributed by atoms with E-state index in [1.807, 2.05) is 25.1 Å². The molecule has 0 radical (unpaired) electrons. The van der Waals surface area contributed by atoms with E-state index in [4.69, 9.17) is 15.2 Å². The van der Waals surface area contributed by atoms with Gasteiger partial charge < -0.3 is 15.2 Å². The van der Waals surface area contributed by atoms with Gasteiger partial charge >= 0.3 is 0 Å². The smallest absolute Gasteiger partial charge is 0.125 e. The Morgan fingerprint density at radius 2 is 2.15 bits per heavy atom. The SMILES string of the molecule is COc1cc(OCCN)ccc1C. The van der Waals surface area contributed by atoms with Crippen LogP contribution in [-0.4, -0.2) is 20.3 Å². The van der Waals surface area contributed by atoms with Crippen molar-refractivity contribution in [3.8, 4) is 11.5 Å². The van der Waals surface area contributed by atoms with Crippen molar-refractivity contribution in [2.45, 2.75) is 6.92 Å². The van der Waals surface area contributed by atoms with E-state index in [1.165, 1.54) is 0 Å². The quantitative estimate of drug-likeness (QED) is 0.762. The van der Waals surface area contributed by atoms with Crippen molar-refractivity contribution in [3.05, 3.63) is 23.8 Å². The second kappa shape index (κ2) is 4.72. The molecule has 2 N–H and O–H groups in total. The lowest BCUT2D eigenvalue weighted by Gasteiger charge is -2.08. The van der Waals surface area contributed by atoms with Gasteiger partial charge in [-0.25, -0.2) is 0 Å². The van der Waals surface area contributed by atoms with Crippen molar-refractivity contribution in [3.63, 3.8) is 0 Å². The first-order chi connectivity index (χ1) is 6.27. The number of benzene rings is 1. The topological polar surface area (TPSA) is 44.5 Å². The predicted octanol–water partition coefficient (Wildman–Crippen LogP) is 1.34. The van der Waals surface area contributed by atoms with Crippen LogP contribution in [0.5, 0.6) is 11.5 Å². The second-order valence-electron chi connectivity index (χ2n) is 2.77. The molecule has 0 aliphatic carbocycles. The summed E-state index contributed by atoms with van der Waals surface area (Å²) in [5, 5.41) is 0.